The summed E-state index contributed by atoms with van der Waals surface area (Å²) in [6.45, 7) is 16.6. The van der Waals surface area contributed by atoms with Crippen LogP contribution in [0.1, 0.15) is 88.9 Å². The Kier molecular flexibility index (Phi) is 13.6. The molecule has 1 aromatic carbocycles. The van der Waals surface area contributed by atoms with E-state index in [1.54, 1.807) is 72.7 Å². The van der Waals surface area contributed by atoms with Gasteiger partial charge in [-0.25, -0.2) is 9.59 Å². The first kappa shape index (κ1) is 42.6. The third-order valence-electron chi connectivity index (χ3n) is 10.1. The summed E-state index contributed by atoms with van der Waals surface area (Å²) >= 11 is 0. The molecule has 55 heavy (non-hydrogen) atoms. The summed E-state index contributed by atoms with van der Waals surface area (Å²) < 4.78 is 30.3. The fraction of sp³-hybridized carbons (Fsp3) is 0.500. The van der Waals surface area contributed by atoms with E-state index < -0.39 is 101 Å². The van der Waals surface area contributed by atoms with Crippen molar-refractivity contribution >= 4 is 35.6 Å². The van der Waals surface area contributed by atoms with E-state index in [4.69, 9.17) is 23.7 Å². The first-order chi connectivity index (χ1) is 25.8. The van der Waals surface area contributed by atoms with Crippen LogP contribution in [0.2, 0.25) is 0 Å². The molecule has 1 N–H and O–H groups in total. The third-order valence-corrected chi connectivity index (χ3v) is 10.1. The SMILES string of the molecule is C=C1C(OC(=O)C(C)C)C(OC(=O)c2ccccc2)C(OC(=O)c2cccnc2)C(C)(C)C=CC(C)C(=O)C2(O)CC(C)C(OC(=O)CC)C2C1OC(C)=O. The predicted octanol–water partition coefficient (Wildman–Crippen LogP) is 5.40. The van der Waals surface area contributed by atoms with E-state index in [-0.39, 0.29) is 29.5 Å². The van der Waals surface area contributed by atoms with E-state index in [2.05, 4.69) is 11.6 Å². The van der Waals surface area contributed by atoms with Crippen LogP contribution in [0.5, 0.6) is 0 Å². The number of hydrogen-bond acceptors (Lipinski definition) is 13. The van der Waals surface area contributed by atoms with Gasteiger partial charge in [0.05, 0.1) is 23.0 Å². The highest BCUT2D eigenvalue weighted by Gasteiger charge is 2.63. The molecule has 0 bridgehead atoms. The van der Waals surface area contributed by atoms with Gasteiger partial charge in [0.1, 0.15) is 17.8 Å². The third kappa shape index (κ3) is 9.56. The average Bonchev–Trinajstić information content (AvgIpc) is 3.40. The van der Waals surface area contributed by atoms with E-state index in [9.17, 15) is 33.9 Å². The Balaban J connectivity index is 2.07. The van der Waals surface area contributed by atoms with Crippen LogP contribution in [-0.4, -0.2) is 81.8 Å². The summed E-state index contributed by atoms with van der Waals surface area (Å²) in [7, 11) is 0. The predicted molar refractivity (Wildman–Crippen MR) is 198 cm³/mol. The minimum Gasteiger partial charge on any atom is -0.461 e. The number of carbonyl (C=O) groups is 6. The number of ether oxygens (including phenoxy) is 5. The maximum Gasteiger partial charge on any atom is 0.340 e. The molecule has 13 heteroatoms. The molecule has 1 heterocycles. The lowest BCUT2D eigenvalue weighted by molar-refractivity contribution is -0.177. The molecule has 296 valence electrons. The van der Waals surface area contributed by atoms with Crippen LogP contribution < -0.4 is 0 Å². The van der Waals surface area contributed by atoms with Crippen molar-refractivity contribution in [2.45, 2.75) is 104 Å². The smallest absolute Gasteiger partial charge is 0.340 e. The highest BCUT2D eigenvalue weighted by Crippen LogP contribution is 2.49. The molecule has 1 saturated carbocycles. The van der Waals surface area contributed by atoms with Crippen molar-refractivity contribution in [3.8, 4) is 0 Å². The highest BCUT2D eigenvalue weighted by molar-refractivity contribution is 5.92. The second-order valence-electron chi connectivity index (χ2n) is 15.2. The van der Waals surface area contributed by atoms with Gasteiger partial charge in [-0.2, -0.15) is 0 Å². The molecular formula is C42H51NO12. The van der Waals surface area contributed by atoms with E-state index in [1.807, 2.05) is 0 Å². The number of ketones is 1. The van der Waals surface area contributed by atoms with Crippen LogP contribution in [0.15, 0.2) is 79.2 Å². The van der Waals surface area contributed by atoms with Crippen molar-refractivity contribution in [2.75, 3.05) is 0 Å². The molecule has 2 aliphatic rings. The van der Waals surface area contributed by atoms with Crippen LogP contribution in [-0.2, 0) is 42.9 Å². The largest absolute Gasteiger partial charge is 0.461 e. The fourth-order valence-corrected chi connectivity index (χ4v) is 7.14. The van der Waals surface area contributed by atoms with Gasteiger partial charge < -0.3 is 28.8 Å². The fourth-order valence-electron chi connectivity index (χ4n) is 7.14. The number of rotatable bonds is 9. The summed E-state index contributed by atoms with van der Waals surface area (Å²) in [6, 6.07) is 11.0. The zero-order valence-corrected chi connectivity index (χ0v) is 32.6. The molecule has 0 radical (unpaired) electrons. The standard InChI is InChI=1S/C42H51NO12/c1-10-30(45)52-32-25(5)21-42(50)31(32)33(51-27(7)44)26(6)34(53-38(47)23(2)3)35(54-39(48)28-15-12-11-13-16-28)37(41(8,9)19-18-24(4)36(42)46)55-40(49)29-17-14-20-43-22-29/h11-20,22-25,31-35,37,50H,6,10,21H2,1-5,7-9H3. The Morgan fingerprint density at radius 3 is 2.11 bits per heavy atom. The van der Waals surface area contributed by atoms with Crippen molar-refractivity contribution in [1.29, 1.82) is 0 Å². The molecule has 9 atom stereocenters. The number of benzene rings is 1. The number of allylic oxidation sites excluding steroid dienone is 1. The van der Waals surface area contributed by atoms with Gasteiger partial charge in [0.15, 0.2) is 24.1 Å². The molecule has 4 rings (SSSR count). The van der Waals surface area contributed by atoms with E-state index in [0.717, 1.165) is 6.92 Å². The van der Waals surface area contributed by atoms with Crippen LogP contribution in [0.3, 0.4) is 0 Å². The molecule has 9 unspecified atom stereocenters. The Bertz CT molecular complexity index is 1790. The van der Waals surface area contributed by atoms with Crippen molar-refractivity contribution in [1.82, 2.24) is 4.98 Å². The summed E-state index contributed by atoms with van der Waals surface area (Å²) in [5, 5.41) is 12.5. The zero-order valence-electron chi connectivity index (χ0n) is 32.6. The number of Topliss-reactive ketones (excluding diaryl/α,β-unsaturated/α-hetero) is 1. The van der Waals surface area contributed by atoms with Crippen LogP contribution >= 0.6 is 0 Å². The minimum atomic E-state index is -2.26. The van der Waals surface area contributed by atoms with Crippen molar-refractivity contribution in [3.05, 3.63) is 90.3 Å². The average molecular weight is 762 g/mol. The van der Waals surface area contributed by atoms with Crippen molar-refractivity contribution < 1.29 is 57.6 Å². The van der Waals surface area contributed by atoms with Gasteiger partial charge in [0, 0.05) is 42.6 Å². The topological polar surface area (TPSA) is 182 Å². The number of nitrogens with zero attached hydrogens (tertiary/aromatic N) is 1. The summed E-state index contributed by atoms with van der Waals surface area (Å²) in [6.07, 6.45) is -2.13. The number of hydrogen-bond donors (Lipinski definition) is 1. The number of aliphatic hydroxyl groups is 1. The molecule has 0 aliphatic heterocycles. The lowest BCUT2D eigenvalue weighted by Gasteiger charge is -2.44. The Labute approximate surface area is 321 Å². The van der Waals surface area contributed by atoms with Crippen LogP contribution in [0.25, 0.3) is 0 Å². The first-order valence-corrected chi connectivity index (χ1v) is 18.4. The maximum absolute atomic E-state index is 14.5. The number of fused-ring (bicyclic) bond motifs is 1. The van der Waals surface area contributed by atoms with Gasteiger partial charge in [-0.3, -0.25) is 24.2 Å². The second-order valence-corrected chi connectivity index (χ2v) is 15.2. The van der Waals surface area contributed by atoms with E-state index in [0.29, 0.717) is 0 Å². The summed E-state index contributed by atoms with van der Waals surface area (Å²) in [5.74, 6) is -8.54. The number of carbonyl (C=O) groups excluding carboxylic acids is 6. The van der Waals surface area contributed by atoms with Crippen LogP contribution in [0.4, 0.5) is 0 Å². The van der Waals surface area contributed by atoms with E-state index in [1.165, 1.54) is 42.7 Å². The molecule has 2 aromatic rings. The zero-order chi connectivity index (χ0) is 40.8. The minimum absolute atomic E-state index is 0.0359. The Morgan fingerprint density at radius 2 is 1.53 bits per heavy atom. The van der Waals surface area contributed by atoms with Crippen molar-refractivity contribution in [2.24, 2.45) is 29.1 Å². The molecule has 0 spiro atoms. The molecule has 1 fully saturated rings. The molecule has 13 nitrogen and oxygen atoms in total. The van der Waals surface area contributed by atoms with E-state index >= 15 is 0 Å². The number of pyridine rings is 1. The molecule has 2 aliphatic carbocycles. The normalized spacial score (nSPS) is 29.2. The molecular weight excluding hydrogens is 710 g/mol. The van der Waals surface area contributed by atoms with Gasteiger partial charge in [-0.15, -0.1) is 0 Å². The highest BCUT2D eigenvalue weighted by atomic mass is 16.6. The van der Waals surface area contributed by atoms with Crippen molar-refractivity contribution in [3.63, 3.8) is 0 Å². The Hall–Kier alpha value is -5.17. The van der Waals surface area contributed by atoms with Gasteiger partial charge in [-0.1, -0.05) is 85.4 Å². The summed E-state index contributed by atoms with van der Waals surface area (Å²) in [4.78, 5) is 85.8. The van der Waals surface area contributed by atoms with Gasteiger partial charge >= 0.3 is 29.8 Å². The summed E-state index contributed by atoms with van der Waals surface area (Å²) in [5.41, 5.74) is -3.63. The second kappa shape index (κ2) is 17.5. The quantitative estimate of drug-likeness (QED) is 0.195. The van der Waals surface area contributed by atoms with Gasteiger partial charge in [-0.05, 0) is 36.6 Å². The lowest BCUT2D eigenvalue weighted by Crippen LogP contribution is -2.58. The molecule has 0 saturated heterocycles. The lowest BCUT2D eigenvalue weighted by atomic mass is 9.72. The number of aromatic nitrogens is 1. The first-order valence-electron chi connectivity index (χ1n) is 18.4. The van der Waals surface area contributed by atoms with Gasteiger partial charge in [0.2, 0.25) is 0 Å². The number of esters is 5. The molecule has 1 aromatic heterocycles. The maximum atomic E-state index is 14.5. The monoisotopic (exact) mass is 761 g/mol. The van der Waals surface area contributed by atoms with Crippen LogP contribution in [0, 0.1) is 29.1 Å². The van der Waals surface area contributed by atoms with Gasteiger partial charge in [0.25, 0.3) is 0 Å². The Morgan fingerprint density at radius 1 is 0.891 bits per heavy atom. The molecule has 0 amide bonds.